The number of hydrogen-bond acceptors (Lipinski definition) is 2. The van der Waals surface area contributed by atoms with E-state index < -0.39 is 6.17 Å². The van der Waals surface area contributed by atoms with Gasteiger partial charge in [0, 0.05) is 5.56 Å². The Balaban J connectivity index is 1.80. The van der Waals surface area contributed by atoms with Gasteiger partial charge in [0.1, 0.15) is 18.5 Å². The molecule has 0 aliphatic carbocycles. The van der Waals surface area contributed by atoms with Gasteiger partial charge in [0.25, 0.3) is 0 Å². The van der Waals surface area contributed by atoms with Gasteiger partial charge in [-0.05, 0) is 37.0 Å². The second-order valence-electron chi connectivity index (χ2n) is 6.94. The quantitative estimate of drug-likeness (QED) is 0.391. The summed E-state index contributed by atoms with van der Waals surface area (Å²) >= 11 is 0. The van der Waals surface area contributed by atoms with Crippen molar-refractivity contribution in [2.45, 2.75) is 71.4 Å². The number of alkyl halides is 1. The van der Waals surface area contributed by atoms with E-state index in [1.54, 1.807) is 6.20 Å². The molecule has 1 aromatic heterocycles. The van der Waals surface area contributed by atoms with Gasteiger partial charge < -0.3 is 4.74 Å². The van der Waals surface area contributed by atoms with Gasteiger partial charge in [-0.1, -0.05) is 70.2 Å². The summed E-state index contributed by atoms with van der Waals surface area (Å²) in [7, 11) is 0. The zero-order valence-electron chi connectivity index (χ0n) is 16.2. The fraction of sp³-hybridized carbons (Fsp3) is 0.522. The molecule has 2 aromatic rings. The number of pyridine rings is 1. The molecule has 0 unspecified atom stereocenters. The van der Waals surface area contributed by atoms with E-state index in [4.69, 9.17) is 4.74 Å². The molecule has 0 amide bonds. The molecule has 3 heteroatoms. The highest BCUT2D eigenvalue weighted by Gasteiger charge is 2.08. The van der Waals surface area contributed by atoms with Gasteiger partial charge >= 0.3 is 0 Å². The third kappa shape index (κ3) is 7.15. The second kappa shape index (κ2) is 11.7. The van der Waals surface area contributed by atoms with Crippen molar-refractivity contribution < 1.29 is 9.13 Å². The summed E-state index contributed by atoms with van der Waals surface area (Å²) in [6, 6.07) is 12.4. The molecule has 2 nitrogen and oxygen atoms in total. The molecular formula is C23H32FNO. The number of aryl methyl sites for hydroxylation is 1. The molecule has 26 heavy (non-hydrogen) atoms. The number of ether oxygens (including phenoxy) is 1. The lowest BCUT2D eigenvalue weighted by atomic mass is 10.0. The first-order valence-electron chi connectivity index (χ1n) is 10.0. The van der Waals surface area contributed by atoms with Crippen molar-refractivity contribution in [1.29, 1.82) is 0 Å². The normalized spacial score (nSPS) is 12.1. The average molecular weight is 358 g/mol. The largest absolute Gasteiger partial charge is 0.489 e. The van der Waals surface area contributed by atoms with Crippen LogP contribution < -0.4 is 4.74 Å². The van der Waals surface area contributed by atoms with Crippen LogP contribution in [0.5, 0.6) is 5.75 Å². The first-order chi connectivity index (χ1) is 12.7. The van der Waals surface area contributed by atoms with Crippen LogP contribution in [0.4, 0.5) is 4.39 Å². The van der Waals surface area contributed by atoms with Crippen LogP contribution in [0.3, 0.4) is 0 Å². The van der Waals surface area contributed by atoms with Crippen LogP contribution in [0, 0.1) is 0 Å². The Morgan fingerprint density at radius 1 is 0.923 bits per heavy atom. The zero-order valence-corrected chi connectivity index (χ0v) is 16.2. The minimum atomic E-state index is -0.901. The number of hydrogen-bond donors (Lipinski definition) is 0. The van der Waals surface area contributed by atoms with Crippen molar-refractivity contribution in [2.24, 2.45) is 0 Å². The van der Waals surface area contributed by atoms with Gasteiger partial charge in [-0.15, -0.1) is 0 Å². The molecule has 0 aliphatic rings. The number of unbranched alkanes of at least 4 members (excludes halogenated alkanes) is 4. The number of halogens is 1. The van der Waals surface area contributed by atoms with E-state index in [1.165, 1.54) is 31.2 Å². The van der Waals surface area contributed by atoms with E-state index in [9.17, 15) is 4.39 Å². The molecule has 2 rings (SSSR count). The summed E-state index contributed by atoms with van der Waals surface area (Å²) in [6.07, 6.45) is 9.31. The average Bonchev–Trinajstić information content (AvgIpc) is 2.69. The predicted molar refractivity (Wildman–Crippen MR) is 107 cm³/mol. The summed E-state index contributed by atoms with van der Waals surface area (Å²) in [5.41, 5.74) is 3.37. The van der Waals surface area contributed by atoms with Gasteiger partial charge in [-0.2, -0.15) is 0 Å². The van der Waals surface area contributed by atoms with Crippen LogP contribution in [-0.2, 0) is 6.42 Å². The molecule has 1 aromatic carbocycles. The lowest BCUT2D eigenvalue weighted by Crippen LogP contribution is -2.12. The Morgan fingerprint density at radius 3 is 2.35 bits per heavy atom. The molecule has 142 valence electrons. The van der Waals surface area contributed by atoms with E-state index in [-0.39, 0.29) is 6.61 Å². The molecule has 0 radical (unpaired) electrons. The second-order valence-corrected chi connectivity index (χ2v) is 6.94. The van der Waals surface area contributed by atoms with E-state index in [1.807, 2.05) is 12.1 Å². The monoisotopic (exact) mass is 357 g/mol. The van der Waals surface area contributed by atoms with E-state index in [0.29, 0.717) is 12.2 Å². The third-order valence-electron chi connectivity index (χ3n) is 4.61. The molecule has 0 N–H and O–H groups in total. The van der Waals surface area contributed by atoms with Crippen molar-refractivity contribution in [3.8, 4) is 17.0 Å². The fourth-order valence-corrected chi connectivity index (χ4v) is 2.92. The number of rotatable bonds is 12. The predicted octanol–water partition coefficient (Wildman–Crippen LogP) is 6.78. The first kappa shape index (κ1) is 20.4. The van der Waals surface area contributed by atoms with Gasteiger partial charge in [0.05, 0.1) is 11.9 Å². The van der Waals surface area contributed by atoms with Gasteiger partial charge in [-0.25, -0.2) is 4.39 Å². The van der Waals surface area contributed by atoms with Crippen LogP contribution in [0.1, 0.15) is 64.4 Å². The van der Waals surface area contributed by atoms with Crippen molar-refractivity contribution in [1.82, 2.24) is 4.98 Å². The molecule has 0 fully saturated rings. The Hall–Kier alpha value is -1.90. The molecule has 0 spiro atoms. The summed E-state index contributed by atoms with van der Waals surface area (Å²) in [4.78, 5) is 4.46. The SMILES string of the molecule is CCCCCC[C@H](F)COc1ccc(-c2ccc(CCCC)cc2)nc1. The maximum atomic E-state index is 13.8. The highest BCUT2D eigenvalue weighted by molar-refractivity contribution is 5.59. The Labute approximate surface area is 157 Å². The smallest absolute Gasteiger partial charge is 0.137 e. The van der Waals surface area contributed by atoms with Gasteiger partial charge in [-0.3, -0.25) is 4.98 Å². The lowest BCUT2D eigenvalue weighted by molar-refractivity contribution is 0.183. The van der Waals surface area contributed by atoms with Crippen LogP contribution in [0.15, 0.2) is 42.6 Å². The lowest BCUT2D eigenvalue weighted by Gasteiger charge is -2.10. The highest BCUT2D eigenvalue weighted by atomic mass is 19.1. The topological polar surface area (TPSA) is 22.1 Å². The van der Waals surface area contributed by atoms with Crippen molar-refractivity contribution in [3.05, 3.63) is 48.2 Å². The first-order valence-corrected chi connectivity index (χ1v) is 10.0. The standard InChI is InChI=1S/C23H32FNO/c1-3-5-7-8-10-21(24)18-26-22-15-16-23(25-17-22)20-13-11-19(12-14-20)9-6-4-2/h11-17,21H,3-10,18H2,1-2H3/t21-/m0/s1. The van der Waals surface area contributed by atoms with E-state index in [0.717, 1.165) is 30.5 Å². The highest BCUT2D eigenvalue weighted by Crippen LogP contribution is 2.21. The van der Waals surface area contributed by atoms with Crippen LogP contribution in [-0.4, -0.2) is 17.8 Å². The molecule has 0 bridgehead atoms. The summed E-state index contributed by atoms with van der Waals surface area (Å²) in [5, 5.41) is 0. The summed E-state index contributed by atoms with van der Waals surface area (Å²) in [5.74, 6) is 0.629. The Bertz CT molecular complexity index is 609. The van der Waals surface area contributed by atoms with Crippen LogP contribution in [0.25, 0.3) is 11.3 Å². The van der Waals surface area contributed by atoms with Crippen molar-refractivity contribution in [3.63, 3.8) is 0 Å². The maximum absolute atomic E-state index is 13.8. The maximum Gasteiger partial charge on any atom is 0.137 e. The summed E-state index contributed by atoms with van der Waals surface area (Å²) in [6.45, 7) is 4.48. The zero-order chi connectivity index (χ0) is 18.6. The van der Waals surface area contributed by atoms with E-state index >= 15 is 0 Å². The Morgan fingerprint density at radius 2 is 1.69 bits per heavy atom. The number of benzene rings is 1. The van der Waals surface area contributed by atoms with Crippen molar-refractivity contribution >= 4 is 0 Å². The molecular weight excluding hydrogens is 325 g/mol. The molecule has 0 aliphatic heterocycles. The molecule has 1 heterocycles. The van der Waals surface area contributed by atoms with Gasteiger partial charge in [0.2, 0.25) is 0 Å². The molecule has 0 saturated heterocycles. The summed E-state index contributed by atoms with van der Waals surface area (Å²) < 4.78 is 19.4. The fourth-order valence-electron chi connectivity index (χ4n) is 2.92. The third-order valence-corrected chi connectivity index (χ3v) is 4.61. The Kier molecular flexibility index (Phi) is 9.16. The molecule has 0 saturated carbocycles. The van der Waals surface area contributed by atoms with Crippen LogP contribution in [0.2, 0.25) is 0 Å². The van der Waals surface area contributed by atoms with Crippen molar-refractivity contribution in [2.75, 3.05) is 6.61 Å². The van der Waals surface area contributed by atoms with Gasteiger partial charge in [0.15, 0.2) is 0 Å². The molecule has 1 atom stereocenters. The minimum Gasteiger partial charge on any atom is -0.489 e. The number of aromatic nitrogens is 1. The minimum absolute atomic E-state index is 0.110. The van der Waals surface area contributed by atoms with Crippen LogP contribution >= 0.6 is 0 Å². The number of nitrogens with zero attached hydrogens (tertiary/aromatic N) is 1. The van der Waals surface area contributed by atoms with E-state index in [2.05, 4.69) is 43.1 Å².